The van der Waals surface area contributed by atoms with E-state index in [1.54, 1.807) is 6.07 Å². The Morgan fingerprint density at radius 2 is 1.96 bits per heavy atom. The molecule has 0 aliphatic rings. The van der Waals surface area contributed by atoms with E-state index < -0.39 is 9.84 Å². The van der Waals surface area contributed by atoms with E-state index in [4.69, 9.17) is 11.6 Å². The quantitative estimate of drug-likeness (QED) is 0.474. The van der Waals surface area contributed by atoms with Crippen molar-refractivity contribution in [2.75, 3.05) is 11.1 Å². The molecule has 0 aromatic carbocycles. The minimum absolute atomic E-state index is 0.0327. The Morgan fingerprint density at radius 1 is 1.21 bits per heavy atom. The number of aromatic nitrogens is 5. The molecule has 146 valence electrons. The highest BCUT2D eigenvalue weighted by Crippen LogP contribution is 2.16. The lowest BCUT2D eigenvalue weighted by atomic mass is 10.3. The molecule has 3 rings (SSSR count). The molecule has 0 bridgehead atoms. The molecular weight excluding hydrogens is 404 g/mol. The van der Waals surface area contributed by atoms with Crippen molar-refractivity contribution >= 4 is 38.4 Å². The number of pyridine rings is 1. The molecule has 3 heterocycles. The third kappa shape index (κ3) is 3.92. The van der Waals surface area contributed by atoms with Crippen molar-refractivity contribution in [3.05, 3.63) is 52.8 Å². The van der Waals surface area contributed by atoms with Gasteiger partial charge in [-0.25, -0.2) is 18.4 Å². The maximum atomic E-state index is 12.8. The Morgan fingerprint density at radius 3 is 2.57 bits per heavy atom. The molecule has 0 fully saturated rings. The number of fused-ring (bicyclic) bond motifs is 1. The van der Waals surface area contributed by atoms with Crippen LogP contribution in [0.4, 0.5) is 5.82 Å². The minimum Gasteiger partial charge on any atom is -0.360 e. The van der Waals surface area contributed by atoms with Crippen molar-refractivity contribution in [3.8, 4) is 0 Å². The highest BCUT2D eigenvalue weighted by Gasteiger charge is 2.17. The average molecular weight is 422 g/mol. The van der Waals surface area contributed by atoms with Crippen LogP contribution in [0.5, 0.6) is 0 Å². The fourth-order valence-electron chi connectivity index (χ4n) is 2.57. The van der Waals surface area contributed by atoms with Crippen molar-refractivity contribution in [1.29, 1.82) is 0 Å². The third-order valence-electron chi connectivity index (χ3n) is 3.98. The molecular formula is C17H18ClN6O3S+. The Labute approximate surface area is 166 Å². The van der Waals surface area contributed by atoms with Gasteiger partial charge in [0.2, 0.25) is 15.1 Å². The van der Waals surface area contributed by atoms with Crippen LogP contribution in [0.25, 0.3) is 11.2 Å². The van der Waals surface area contributed by atoms with Crippen LogP contribution in [0.3, 0.4) is 0 Å². The van der Waals surface area contributed by atoms with Gasteiger partial charge in [-0.05, 0) is 37.6 Å². The highest BCUT2D eigenvalue weighted by molar-refractivity contribution is 7.91. The van der Waals surface area contributed by atoms with Crippen molar-refractivity contribution in [3.63, 3.8) is 0 Å². The number of nitrogens with one attached hydrogen (secondary N) is 1. The zero-order valence-electron chi connectivity index (χ0n) is 15.3. The van der Waals surface area contributed by atoms with Crippen LogP contribution in [0.1, 0.15) is 25.6 Å². The Hall–Kier alpha value is -2.72. The number of hydrogen-bond donors (Lipinski definition) is 1. The van der Waals surface area contributed by atoms with Gasteiger partial charge < -0.3 is 5.32 Å². The van der Waals surface area contributed by atoms with Crippen LogP contribution >= 0.6 is 11.6 Å². The van der Waals surface area contributed by atoms with Gasteiger partial charge in [0.25, 0.3) is 5.56 Å². The van der Waals surface area contributed by atoms with E-state index in [2.05, 4.69) is 32.2 Å². The SMILES string of the molecule is [CH2+]CS(=O)(=O)c1ccc(CNc2nc3cnc(Cl)nc3n(C(C)C)c2=O)nc1. The number of anilines is 1. The molecule has 3 aromatic rings. The van der Waals surface area contributed by atoms with E-state index in [1.807, 2.05) is 13.8 Å². The van der Waals surface area contributed by atoms with Gasteiger partial charge >= 0.3 is 0 Å². The van der Waals surface area contributed by atoms with Crippen molar-refractivity contribution in [1.82, 2.24) is 24.5 Å². The predicted molar refractivity (Wildman–Crippen MR) is 106 cm³/mol. The van der Waals surface area contributed by atoms with Crippen LogP contribution in [0.2, 0.25) is 5.28 Å². The summed E-state index contributed by atoms with van der Waals surface area (Å²) < 4.78 is 25.1. The number of rotatable bonds is 6. The first-order valence-electron chi connectivity index (χ1n) is 8.38. The summed E-state index contributed by atoms with van der Waals surface area (Å²) in [5.74, 6) is -0.128. The lowest BCUT2D eigenvalue weighted by Crippen LogP contribution is -2.27. The monoisotopic (exact) mass is 421 g/mol. The zero-order chi connectivity index (χ0) is 20.5. The minimum atomic E-state index is -3.42. The second kappa shape index (κ2) is 7.72. The predicted octanol–water partition coefficient (Wildman–Crippen LogP) is 2.04. The third-order valence-corrected chi connectivity index (χ3v) is 5.66. The first-order chi connectivity index (χ1) is 13.2. The summed E-state index contributed by atoms with van der Waals surface area (Å²) in [7, 11) is -3.42. The molecule has 0 saturated heterocycles. The molecule has 28 heavy (non-hydrogen) atoms. The van der Waals surface area contributed by atoms with Crippen LogP contribution in [0, 0.1) is 6.92 Å². The van der Waals surface area contributed by atoms with Crippen LogP contribution < -0.4 is 10.9 Å². The normalized spacial score (nSPS) is 11.9. The summed E-state index contributed by atoms with van der Waals surface area (Å²) in [4.78, 5) is 29.3. The fraction of sp³-hybridized carbons (Fsp3) is 0.294. The summed E-state index contributed by atoms with van der Waals surface area (Å²) in [6, 6.07) is 2.86. The molecule has 9 nitrogen and oxygen atoms in total. The molecule has 0 unspecified atom stereocenters. The molecule has 0 amide bonds. The molecule has 3 aromatic heterocycles. The molecule has 11 heteroatoms. The van der Waals surface area contributed by atoms with E-state index in [0.717, 1.165) is 0 Å². The van der Waals surface area contributed by atoms with Gasteiger partial charge in [-0.2, -0.15) is 4.98 Å². The Kier molecular flexibility index (Phi) is 5.52. The second-order valence-electron chi connectivity index (χ2n) is 6.23. The van der Waals surface area contributed by atoms with Crippen molar-refractivity contribution in [2.45, 2.75) is 31.3 Å². The second-order valence-corrected chi connectivity index (χ2v) is 8.68. The van der Waals surface area contributed by atoms with Crippen LogP contribution in [0.15, 0.2) is 34.2 Å². The van der Waals surface area contributed by atoms with Gasteiger partial charge in [-0.3, -0.25) is 14.3 Å². The molecule has 0 atom stereocenters. The number of nitrogens with zero attached hydrogens (tertiary/aromatic N) is 5. The highest BCUT2D eigenvalue weighted by atomic mass is 35.5. The van der Waals surface area contributed by atoms with Crippen molar-refractivity contribution < 1.29 is 8.42 Å². The van der Waals surface area contributed by atoms with Gasteiger partial charge in [0.1, 0.15) is 5.52 Å². The summed E-state index contributed by atoms with van der Waals surface area (Å²) in [6.45, 7) is 7.29. The van der Waals surface area contributed by atoms with Gasteiger partial charge in [0.05, 0.1) is 30.3 Å². The summed E-state index contributed by atoms with van der Waals surface area (Å²) in [5, 5.41) is 2.98. The molecule has 0 aliphatic heterocycles. The fourth-order valence-corrected chi connectivity index (χ4v) is 3.42. The van der Waals surface area contributed by atoms with Crippen LogP contribution in [-0.2, 0) is 16.4 Å². The maximum absolute atomic E-state index is 12.8. The summed E-state index contributed by atoms with van der Waals surface area (Å²) in [6.07, 6.45) is 2.72. The number of sulfone groups is 1. The Balaban J connectivity index is 1.92. The Bertz CT molecular complexity index is 1180. The van der Waals surface area contributed by atoms with Gasteiger partial charge in [0.15, 0.2) is 17.2 Å². The molecule has 0 radical (unpaired) electrons. The first-order valence-corrected chi connectivity index (χ1v) is 10.4. The number of hydrogen-bond acceptors (Lipinski definition) is 8. The van der Waals surface area contributed by atoms with Gasteiger partial charge in [-0.1, -0.05) is 0 Å². The zero-order valence-corrected chi connectivity index (χ0v) is 16.8. The van der Waals surface area contributed by atoms with E-state index in [0.29, 0.717) is 16.9 Å². The van der Waals surface area contributed by atoms with Gasteiger partial charge in [-0.15, -0.1) is 0 Å². The maximum Gasteiger partial charge on any atom is 0.295 e. The average Bonchev–Trinajstić information content (AvgIpc) is 2.66. The van der Waals surface area contributed by atoms with Crippen molar-refractivity contribution in [2.24, 2.45) is 0 Å². The van der Waals surface area contributed by atoms with E-state index in [9.17, 15) is 13.2 Å². The van der Waals surface area contributed by atoms with E-state index in [-0.39, 0.29) is 39.9 Å². The largest absolute Gasteiger partial charge is 0.360 e. The lowest BCUT2D eigenvalue weighted by Gasteiger charge is -2.15. The lowest BCUT2D eigenvalue weighted by molar-refractivity contribution is 0.593. The molecule has 0 aliphatic carbocycles. The van der Waals surface area contributed by atoms with Gasteiger partial charge in [0, 0.05) is 12.2 Å². The topological polar surface area (TPSA) is 120 Å². The number of halogens is 1. The molecule has 1 N–H and O–H groups in total. The summed E-state index contributed by atoms with van der Waals surface area (Å²) >= 11 is 5.85. The molecule has 0 saturated carbocycles. The van der Waals surface area contributed by atoms with E-state index in [1.165, 1.54) is 23.0 Å². The first kappa shape index (κ1) is 20.0. The standard InChI is InChI=1S/C17H18ClN6O3S/c1-4-28(26,27)12-6-5-11(19-8-12)7-20-14-16(25)24(10(2)3)15-13(22-14)9-21-17(18)23-15/h5-6,8-10H,1,4,7H2,2-3H3,(H,20,22)/q+1. The molecule has 0 spiro atoms. The van der Waals surface area contributed by atoms with E-state index >= 15 is 0 Å². The smallest absolute Gasteiger partial charge is 0.295 e. The summed E-state index contributed by atoms with van der Waals surface area (Å²) in [5.41, 5.74) is 0.970. The van der Waals surface area contributed by atoms with Crippen LogP contribution in [-0.4, -0.2) is 38.7 Å².